The predicted molar refractivity (Wildman–Crippen MR) is 59.7 cm³/mol. The molecule has 4 N–H and O–H groups in total. The Morgan fingerprint density at radius 1 is 1.27 bits per heavy atom. The van der Waals surface area contributed by atoms with Crippen LogP contribution in [0.2, 0.25) is 0 Å². The average molecular weight is 230 g/mol. The van der Waals surface area contributed by atoms with E-state index >= 15 is 0 Å². The molecule has 0 aliphatic carbocycles. The van der Waals surface area contributed by atoms with Crippen LogP contribution in [0, 0.1) is 0 Å². The van der Waals surface area contributed by atoms with Gasteiger partial charge in [0.1, 0.15) is 5.78 Å². The largest absolute Gasteiger partial charge is 0.378 e. The molecule has 15 heavy (non-hydrogen) atoms. The van der Waals surface area contributed by atoms with Crippen molar-refractivity contribution in [2.24, 2.45) is 5.73 Å². The van der Waals surface area contributed by atoms with E-state index < -0.39 is 13.4 Å². The number of rotatable bonds is 3. The van der Waals surface area contributed by atoms with Gasteiger partial charge < -0.3 is 20.4 Å². The molecule has 0 saturated heterocycles. The second kappa shape index (κ2) is 4.33. The Morgan fingerprint density at radius 3 is 2.07 bits per heavy atom. The van der Waals surface area contributed by atoms with Crippen molar-refractivity contribution < 1.29 is 14.4 Å². The van der Waals surface area contributed by atoms with Gasteiger partial charge in [0.25, 0.3) is 0 Å². The molecule has 0 amide bonds. The van der Waals surface area contributed by atoms with Crippen LogP contribution >= 0.6 is 7.60 Å². The topological polar surface area (TPSA) is 86.8 Å². The molecule has 0 fully saturated rings. The summed E-state index contributed by atoms with van der Waals surface area (Å²) in [6.07, 6.45) is 0. The highest BCUT2D eigenvalue weighted by Gasteiger charge is 2.25. The minimum atomic E-state index is -4.25. The first kappa shape index (κ1) is 12.2. The van der Waals surface area contributed by atoms with Crippen LogP contribution in [0.25, 0.3) is 0 Å². The van der Waals surface area contributed by atoms with Crippen molar-refractivity contribution in [3.63, 3.8) is 0 Å². The number of hydrogen-bond donors (Lipinski definition) is 3. The second-order valence-corrected chi connectivity index (χ2v) is 5.25. The van der Waals surface area contributed by atoms with Crippen molar-refractivity contribution in [3.05, 3.63) is 29.8 Å². The Balaban J connectivity index is 2.94. The van der Waals surface area contributed by atoms with E-state index in [9.17, 15) is 4.57 Å². The Hall–Kier alpha value is -0.870. The van der Waals surface area contributed by atoms with Crippen LogP contribution in [-0.2, 0) is 4.57 Å². The lowest BCUT2D eigenvalue weighted by Gasteiger charge is -2.16. The molecule has 0 heterocycles. The maximum Gasteiger partial charge on any atom is 0.346 e. The van der Waals surface area contributed by atoms with Gasteiger partial charge in [-0.2, -0.15) is 0 Å². The molecule has 6 heteroatoms. The number of nitrogens with zero attached hydrogens (tertiary/aromatic N) is 1. The smallest absolute Gasteiger partial charge is 0.346 e. The fraction of sp³-hybridized carbons (Fsp3) is 0.333. The first-order chi connectivity index (χ1) is 6.82. The van der Waals surface area contributed by atoms with Gasteiger partial charge in [-0.15, -0.1) is 0 Å². The van der Waals surface area contributed by atoms with Gasteiger partial charge in [-0.1, -0.05) is 12.1 Å². The molecule has 0 bridgehead atoms. The Kier molecular flexibility index (Phi) is 3.52. The molecule has 1 aromatic rings. The maximum atomic E-state index is 10.9. The van der Waals surface area contributed by atoms with E-state index in [1.54, 1.807) is 24.3 Å². The highest BCUT2D eigenvalue weighted by Crippen LogP contribution is 2.48. The molecule has 0 radical (unpaired) electrons. The van der Waals surface area contributed by atoms with E-state index in [1.807, 2.05) is 19.0 Å². The van der Waals surface area contributed by atoms with Crippen molar-refractivity contribution in [1.29, 1.82) is 0 Å². The van der Waals surface area contributed by atoms with Crippen molar-refractivity contribution in [2.75, 3.05) is 19.0 Å². The zero-order valence-electron chi connectivity index (χ0n) is 8.66. The molecule has 84 valence electrons. The fourth-order valence-corrected chi connectivity index (χ4v) is 1.72. The van der Waals surface area contributed by atoms with Crippen LogP contribution in [0.1, 0.15) is 11.3 Å². The SMILES string of the molecule is CN(C)c1ccc(C(N)P(=O)(O)O)cc1. The standard InChI is InChI=1S/C9H15N2O3P/c1-11(2)8-5-3-7(4-6-8)9(10)15(12,13)14/h3-6,9H,10H2,1-2H3,(H2,12,13,14). The fourth-order valence-electron chi connectivity index (χ4n) is 1.16. The van der Waals surface area contributed by atoms with Gasteiger partial charge in [-0.25, -0.2) is 0 Å². The van der Waals surface area contributed by atoms with Crippen LogP contribution < -0.4 is 10.6 Å². The summed E-state index contributed by atoms with van der Waals surface area (Å²) in [5, 5.41) is 0. The van der Waals surface area contributed by atoms with E-state index in [0.29, 0.717) is 5.56 Å². The molecule has 0 saturated carbocycles. The number of anilines is 1. The summed E-state index contributed by atoms with van der Waals surface area (Å²) >= 11 is 0. The quantitative estimate of drug-likeness (QED) is 0.671. The molecule has 0 aliphatic rings. The van der Waals surface area contributed by atoms with Crippen molar-refractivity contribution in [1.82, 2.24) is 0 Å². The van der Waals surface area contributed by atoms with Crippen LogP contribution in [-0.4, -0.2) is 23.9 Å². The van der Waals surface area contributed by atoms with Gasteiger partial charge in [-0.3, -0.25) is 4.57 Å². The third kappa shape index (κ3) is 3.04. The van der Waals surface area contributed by atoms with Gasteiger partial charge in [0.15, 0.2) is 0 Å². The van der Waals surface area contributed by atoms with Gasteiger partial charge in [0, 0.05) is 19.8 Å². The molecular formula is C9H15N2O3P. The van der Waals surface area contributed by atoms with Crippen LogP contribution in [0.5, 0.6) is 0 Å². The van der Waals surface area contributed by atoms with Gasteiger partial charge >= 0.3 is 7.60 Å². The first-order valence-corrected chi connectivity index (χ1v) is 6.08. The van der Waals surface area contributed by atoms with Crippen molar-refractivity contribution in [2.45, 2.75) is 5.78 Å². The average Bonchev–Trinajstić information content (AvgIpc) is 2.15. The molecule has 1 aromatic carbocycles. The first-order valence-electron chi connectivity index (χ1n) is 4.40. The predicted octanol–water partition coefficient (Wildman–Crippen LogP) is 0.888. The molecule has 1 unspecified atom stereocenters. The number of hydrogen-bond acceptors (Lipinski definition) is 3. The molecule has 0 aromatic heterocycles. The monoisotopic (exact) mass is 230 g/mol. The lowest BCUT2D eigenvalue weighted by atomic mass is 10.2. The Labute approximate surface area is 88.7 Å². The van der Waals surface area contributed by atoms with Gasteiger partial charge in [-0.05, 0) is 17.7 Å². The third-order valence-electron chi connectivity index (χ3n) is 2.11. The van der Waals surface area contributed by atoms with E-state index in [4.69, 9.17) is 15.5 Å². The molecule has 0 aliphatic heterocycles. The van der Waals surface area contributed by atoms with E-state index in [-0.39, 0.29) is 0 Å². The minimum Gasteiger partial charge on any atom is -0.378 e. The summed E-state index contributed by atoms with van der Waals surface area (Å²) in [5.41, 5.74) is 6.82. The normalized spacial score (nSPS) is 13.7. The lowest BCUT2D eigenvalue weighted by molar-refractivity contribution is 0.359. The zero-order chi connectivity index (χ0) is 11.6. The maximum absolute atomic E-state index is 10.9. The van der Waals surface area contributed by atoms with Gasteiger partial charge in [0.05, 0.1) is 0 Å². The van der Waals surface area contributed by atoms with Crippen molar-refractivity contribution in [3.8, 4) is 0 Å². The molecule has 1 atom stereocenters. The summed E-state index contributed by atoms with van der Waals surface area (Å²) in [5.74, 6) is -1.24. The van der Waals surface area contributed by atoms with Crippen LogP contribution in [0.15, 0.2) is 24.3 Å². The Morgan fingerprint density at radius 2 is 1.73 bits per heavy atom. The summed E-state index contributed by atoms with van der Waals surface area (Å²) in [7, 11) is -0.480. The summed E-state index contributed by atoms with van der Waals surface area (Å²) in [4.78, 5) is 19.7. The molecule has 1 rings (SSSR count). The second-order valence-electron chi connectivity index (χ2n) is 3.52. The third-order valence-corrected chi connectivity index (χ3v) is 3.14. The minimum absolute atomic E-state index is 0.439. The molecule has 0 spiro atoms. The lowest BCUT2D eigenvalue weighted by Crippen LogP contribution is -2.12. The zero-order valence-corrected chi connectivity index (χ0v) is 9.56. The van der Waals surface area contributed by atoms with Crippen molar-refractivity contribution >= 4 is 13.3 Å². The highest BCUT2D eigenvalue weighted by atomic mass is 31.2. The van der Waals surface area contributed by atoms with Crippen LogP contribution in [0.4, 0.5) is 5.69 Å². The number of nitrogens with two attached hydrogens (primary N) is 1. The summed E-state index contributed by atoms with van der Waals surface area (Å²) < 4.78 is 10.9. The summed E-state index contributed by atoms with van der Waals surface area (Å²) in [6.45, 7) is 0. The van der Waals surface area contributed by atoms with E-state index in [2.05, 4.69) is 0 Å². The van der Waals surface area contributed by atoms with E-state index in [1.165, 1.54) is 0 Å². The number of benzene rings is 1. The molecule has 5 nitrogen and oxygen atoms in total. The van der Waals surface area contributed by atoms with Gasteiger partial charge in [0.2, 0.25) is 0 Å². The molecular weight excluding hydrogens is 215 g/mol. The Bertz CT molecular complexity index is 371. The van der Waals surface area contributed by atoms with E-state index in [0.717, 1.165) is 5.69 Å². The van der Waals surface area contributed by atoms with Crippen LogP contribution in [0.3, 0.4) is 0 Å². The summed E-state index contributed by atoms with van der Waals surface area (Å²) in [6, 6.07) is 6.79. The highest BCUT2D eigenvalue weighted by molar-refractivity contribution is 7.52.